The third-order valence-electron chi connectivity index (χ3n) is 3.42. The van der Waals surface area contributed by atoms with Gasteiger partial charge in [0, 0.05) is 22.4 Å². The van der Waals surface area contributed by atoms with Crippen LogP contribution in [0.25, 0.3) is 15.8 Å². The standard InChI is InChI=1S/C16H14N2O2S/c1-11-9-15(16-5-3-2-4-8-21-16)17-14-7-6-12(18(19)20)10-13(11)14/h4-10H,2-3H2,1H3. The molecule has 0 aliphatic carbocycles. The Morgan fingerprint density at radius 1 is 1.29 bits per heavy atom. The molecule has 0 N–H and O–H groups in total. The van der Waals surface area contributed by atoms with Crippen LogP contribution in [0, 0.1) is 17.0 Å². The minimum Gasteiger partial charge on any atom is -0.258 e. The van der Waals surface area contributed by atoms with Crippen molar-refractivity contribution in [3.05, 3.63) is 63.2 Å². The number of nitro groups is 1. The summed E-state index contributed by atoms with van der Waals surface area (Å²) in [6.07, 6.45) is 6.42. The molecule has 0 unspecified atom stereocenters. The highest BCUT2D eigenvalue weighted by Gasteiger charge is 2.12. The molecule has 2 aromatic rings. The van der Waals surface area contributed by atoms with Crippen LogP contribution in [-0.4, -0.2) is 9.91 Å². The Bertz CT molecular complexity index is 781. The number of aromatic nitrogens is 1. The van der Waals surface area contributed by atoms with Gasteiger partial charge in [0.1, 0.15) is 0 Å². The van der Waals surface area contributed by atoms with Gasteiger partial charge in [0.05, 0.1) is 16.1 Å². The maximum atomic E-state index is 10.9. The molecule has 0 saturated heterocycles. The minimum absolute atomic E-state index is 0.103. The van der Waals surface area contributed by atoms with Crippen LogP contribution in [-0.2, 0) is 0 Å². The number of pyridine rings is 1. The van der Waals surface area contributed by atoms with Crippen LogP contribution < -0.4 is 0 Å². The van der Waals surface area contributed by atoms with Gasteiger partial charge >= 0.3 is 0 Å². The van der Waals surface area contributed by atoms with E-state index >= 15 is 0 Å². The predicted octanol–water partition coefficient (Wildman–Crippen LogP) is 4.83. The molecule has 0 radical (unpaired) electrons. The van der Waals surface area contributed by atoms with Crippen LogP contribution in [0.1, 0.15) is 24.1 Å². The molecule has 21 heavy (non-hydrogen) atoms. The topological polar surface area (TPSA) is 56.0 Å². The molecule has 3 rings (SSSR count). The number of fused-ring (bicyclic) bond motifs is 1. The normalized spacial score (nSPS) is 14.8. The number of non-ortho nitro benzene ring substituents is 1. The lowest BCUT2D eigenvalue weighted by molar-refractivity contribution is -0.384. The Kier molecular flexibility index (Phi) is 3.75. The van der Waals surface area contributed by atoms with Gasteiger partial charge < -0.3 is 0 Å². The number of thioether (sulfide) groups is 1. The quantitative estimate of drug-likeness (QED) is 0.588. The van der Waals surface area contributed by atoms with Gasteiger partial charge in [-0.15, -0.1) is 0 Å². The van der Waals surface area contributed by atoms with Gasteiger partial charge in [-0.25, -0.2) is 4.98 Å². The van der Waals surface area contributed by atoms with Crippen molar-refractivity contribution >= 4 is 33.3 Å². The third-order valence-corrected chi connectivity index (χ3v) is 4.37. The summed E-state index contributed by atoms with van der Waals surface area (Å²) in [6, 6.07) is 6.83. The highest BCUT2D eigenvalue weighted by molar-refractivity contribution is 8.10. The average molecular weight is 298 g/mol. The zero-order valence-corrected chi connectivity index (χ0v) is 12.4. The zero-order valence-electron chi connectivity index (χ0n) is 11.6. The van der Waals surface area contributed by atoms with Crippen molar-refractivity contribution in [2.75, 3.05) is 0 Å². The number of rotatable bonds is 2. The van der Waals surface area contributed by atoms with E-state index in [2.05, 4.69) is 22.5 Å². The summed E-state index contributed by atoms with van der Waals surface area (Å²) in [5, 5.41) is 13.8. The summed E-state index contributed by atoms with van der Waals surface area (Å²) in [6.45, 7) is 1.97. The van der Waals surface area contributed by atoms with E-state index in [1.54, 1.807) is 23.9 Å². The van der Waals surface area contributed by atoms with E-state index in [4.69, 9.17) is 0 Å². The summed E-state index contributed by atoms with van der Waals surface area (Å²) in [5.41, 5.74) is 2.84. The van der Waals surface area contributed by atoms with Crippen molar-refractivity contribution in [3.8, 4) is 0 Å². The van der Waals surface area contributed by atoms with Crippen molar-refractivity contribution in [1.29, 1.82) is 0 Å². The molecule has 1 aliphatic rings. The lowest BCUT2D eigenvalue weighted by Gasteiger charge is -2.08. The summed E-state index contributed by atoms with van der Waals surface area (Å²) in [7, 11) is 0. The van der Waals surface area contributed by atoms with Crippen LogP contribution in [0.2, 0.25) is 0 Å². The Morgan fingerprint density at radius 2 is 2.14 bits per heavy atom. The number of aryl methyl sites for hydroxylation is 1. The fourth-order valence-electron chi connectivity index (χ4n) is 2.34. The first kappa shape index (κ1) is 13.8. The molecule has 0 bridgehead atoms. The molecule has 2 heterocycles. The first-order valence-electron chi connectivity index (χ1n) is 6.73. The van der Waals surface area contributed by atoms with E-state index in [0.717, 1.165) is 39.9 Å². The van der Waals surface area contributed by atoms with Crippen LogP contribution in [0.5, 0.6) is 0 Å². The van der Waals surface area contributed by atoms with E-state index in [9.17, 15) is 10.1 Å². The van der Waals surface area contributed by atoms with Crippen molar-refractivity contribution in [3.63, 3.8) is 0 Å². The second kappa shape index (κ2) is 5.69. The fraction of sp³-hybridized carbons (Fsp3) is 0.188. The summed E-state index contributed by atoms with van der Waals surface area (Å²) >= 11 is 1.67. The fourth-order valence-corrected chi connectivity index (χ4v) is 3.15. The zero-order chi connectivity index (χ0) is 14.8. The summed E-state index contributed by atoms with van der Waals surface area (Å²) in [4.78, 5) is 16.3. The Labute approximate surface area is 126 Å². The second-order valence-corrected chi connectivity index (χ2v) is 5.87. The molecular formula is C16H14N2O2S. The molecule has 5 heteroatoms. The Balaban J connectivity index is 2.11. The van der Waals surface area contributed by atoms with E-state index in [-0.39, 0.29) is 10.6 Å². The van der Waals surface area contributed by atoms with Gasteiger partial charge in [-0.3, -0.25) is 10.1 Å². The first-order valence-corrected chi connectivity index (χ1v) is 7.61. The lowest BCUT2D eigenvalue weighted by atomic mass is 10.1. The molecule has 1 aliphatic heterocycles. The number of nitro benzene ring substituents is 1. The van der Waals surface area contributed by atoms with Crippen molar-refractivity contribution in [1.82, 2.24) is 4.98 Å². The molecule has 0 fully saturated rings. The number of hydrogen-bond acceptors (Lipinski definition) is 4. The number of allylic oxidation sites excluding steroid dienone is 2. The summed E-state index contributed by atoms with van der Waals surface area (Å²) < 4.78 is 0. The lowest BCUT2D eigenvalue weighted by Crippen LogP contribution is -1.93. The van der Waals surface area contributed by atoms with E-state index in [1.165, 1.54) is 6.07 Å². The van der Waals surface area contributed by atoms with Gasteiger partial charge in [-0.05, 0) is 42.9 Å². The summed E-state index contributed by atoms with van der Waals surface area (Å²) in [5.74, 6) is 0. The molecule has 0 saturated carbocycles. The predicted molar refractivity (Wildman–Crippen MR) is 87.1 cm³/mol. The molecular weight excluding hydrogens is 284 g/mol. The van der Waals surface area contributed by atoms with E-state index in [1.807, 2.05) is 13.0 Å². The molecule has 4 nitrogen and oxygen atoms in total. The van der Waals surface area contributed by atoms with Crippen molar-refractivity contribution in [2.45, 2.75) is 19.8 Å². The van der Waals surface area contributed by atoms with Gasteiger partial charge in [0.2, 0.25) is 0 Å². The van der Waals surface area contributed by atoms with Crippen molar-refractivity contribution in [2.24, 2.45) is 0 Å². The second-order valence-electron chi connectivity index (χ2n) is 4.92. The first-order chi connectivity index (χ1) is 10.1. The largest absolute Gasteiger partial charge is 0.270 e. The molecule has 1 aromatic carbocycles. The van der Waals surface area contributed by atoms with Crippen LogP contribution in [0.3, 0.4) is 0 Å². The monoisotopic (exact) mass is 298 g/mol. The molecule has 0 spiro atoms. The molecule has 106 valence electrons. The van der Waals surface area contributed by atoms with Gasteiger partial charge in [-0.2, -0.15) is 0 Å². The number of benzene rings is 1. The van der Waals surface area contributed by atoms with Crippen LogP contribution in [0.15, 0.2) is 41.8 Å². The molecule has 1 aromatic heterocycles. The van der Waals surface area contributed by atoms with Crippen LogP contribution in [0.4, 0.5) is 5.69 Å². The third kappa shape index (κ3) is 2.83. The van der Waals surface area contributed by atoms with Gasteiger partial charge in [0.25, 0.3) is 5.69 Å². The maximum absolute atomic E-state index is 10.9. The Hall–Kier alpha value is -2.14. The maximum Gasteiger partial charge on any atom is 0.270 e. The highest BCUT2D eigenvalue weighted by Crippen LogP contribution is 2.33. The Morgan fingerprint density at radius 3 is 2.95 bits per heavy atom. The molecule has 0 amide bonds. The SMILES string of the molecule is Cc1cc(C2=CCCC=CS2)nc2ccc([N+](=O)[O-])cc12. The van der Waals surface area contributed by atoms with Gasteiger partial charge in [-0.1, -0.05) is 23.9 Å². The van der Waals surface area contributed by atoms with E-state index < -0.39 is 0 Å². The van der Waals surface area contributed by atoms with E-state index in [0.29, 0.717) is 0 Å². The molecule has 0 atom stereocenters. The minimum atomic E-state index is -0.374. The smallest absolute Gasteiger partial charge is 0.258 e. The van der Waals surface area contributed by atoms with Gasteiger partial charge in [0.15, 0.2) is 0 Å². The highest BCUT2D eigenvalue weighted by atomic mass is 32.2. The number of nitrogens with zero attached hydrogens (tertiary/aromatic N) is 2. The number of hydrogen-bond donors (Lipinski definition) is 0. The van der Waals surface area contributed by atoms with Crippen LogP contribution >= 0.6 is 11.8 Å². The van der Waals surface area contributed by atoms with Crippen molar-refractivity contribution < 1.29 is 4.92 Å². The average Bonchev–Trinajstić information content (AvgIpc) is 2.75.